The Bertz CT molecular complexity index is 521. The van der Waals surface area contributed by atoms with Crippen molar-refractivity contribution in [3.63, 3.8) is 0 Å². The molecule has 0 fully saturated rings. The van der Waals surface area contributed by atoms with E-state index in [9.17, 15) is 0 Å². The van der Waals surface area contributed by atoms with Crippen LogP contribution in [0.3, 0.4) is 0 Å². The van der Waals surface area contributed by atoms with Gasteiger partial charge in [-0.1, -0.05) is 31.2 Å². The van der Waals surface area contributed by atoms with Gasteiger partial charge in [0.25, 0.3) is 0 Å². The predicted octanol–water partition coefficient (Wildman–Crippen LogP) is 3.73. The molecule has 96 valence electrons. The Morgan fingerprint density at radius 3 is 2.72 bits per heavy atom. The van der Waals surface area contributed by atoms with Gasteiger partial charge in [-0.2, -0.15) is 0 Å². The highest BCUT2D eigenvalue weighted by atomic mass is 35.5. The van der Waals surface area contributed by atoms with E-state index in [-0.39, 0.29) is 5.54 Å². The number of pyridine rings is 1. The zero-order valence-corrected chi connectivity index (χ0v) is 11.7. The third-order valence-electron chi connectivity index (χ3n) is 3.43. The maximum Gasteiger partial charge on any atom is 0.0705 e. The van der Waals surface area contributed by atoms with Crippen molar-refractivity contribution in [2.24, 2.45) is 0 Å². The van der Waals surface area contributed by atoms with Gasteiger partial charge >= 0.3 is 0 Å². The Morgan fingerprint density at radius 1 is 1.22 bits per heavy atom. The second kappa shape index (κ2) is 5.68. The summed E-state index contributed by atoms with van der Waals surface area (Å²) in [5.41, 5.74) is 2.08. The van der Waals surface area contributed by atoms with Gasteiger partial charge in [0.2, 0.25) is 0 Å². The molecule has 1 unspecified atom stereocenters. The molecule has 0 aliphatic rings. The molecule has 1 heterocycles. The summed E-state index contributed by atoms with van der Waals surface area (Å²) in [5.74, 6) is 0.608. The lowest BCUT2D eigenvalue weighted by Crippen LogP contribution is -2.43. The molecule has 0 bridgehead atoms. The number of alkyl halides is 1. The molecule has 0 aliphatic heterocycles. The molecule has 1 N–H and O–H groups in total. The Hall–Kier alpha value is -1.12. The van der Waals surface area contributed by atoms with E-state index in [1.165, 1.54) is 5.39 Å². The van der Waals surface area contributed by atoms with Gasteiger partial charge < -0.3 is 5.32 Å². The molecule has 2 nitrogen and oxygen atoms in total. The fourth-order valence-electron chi connectivity index (χ4n) is 1.78. The summed E-state index contributed by atoms with van der Waals surface area (Å²) in [6, 6.07) is 12.3. The molecule has 2 aromatic rings. The zero-order valence-electron chi connectivity index (χ0n) is 10.9. The molecule has 1 aromatic carbocycles. The minimum absolute atomic E-state index is 0.0190. The Balaban J connectivity index is 2.12. The second-order valence-electron chi connectivity index (χ2n) is 4.90. The molecular weight excluding hydrogens is 244 g/mol. The van der Waals surface area contributed by atoms with Crippen LogP contribution in [-0.4, -0.2) is 16.4 Å². The van der Waals surface area contributed by atoms with E-state index in [1.807, 2.05) is 18.2 Å². The lowest BCUT2D eigenvalue weighted by molar-refractivity contribution is 0.377. The minimum atomic E-state index is -0.0190. The third-order valence-corrected chi connectivity index (χ3v) is 4.02. The number of para-hydroxylation sites is 1. The summed E-state index contributed by atoms with van der Waals surface area (Å²) in [5, 5.41) is 4.66. The van der Waals surface area contributed by atoms with Crippen molar-refractivity contribution >= 4 is 22.5 Å². The maximum absolute atomic E-state index is 5.99. The Morgan fingerprint density at radius 2 is 2.00 bits per heavy atom. The highest BCUT2D eigenvalue weighted by molar-refractivity contribution is 6.18. The number of hydrogen-bond donors (Lipinski definition) is 1. The van der Waals surface area contributed by atoms with Crippen LogP contribution in [0.4, 0.5) is 0 Å². The van der Waals surface area contributed by atoms with Crippen LogP contribution in [0.15, 0.2) is 36.4 Å². The lowest BCUT2D eigenvalue weighted by Gasteiger charge is -2.27. The van der Waals surface area contributed by atoms with Crippen molar-refractivity contribution in [2.45, 2.75) is 32.4 Å². The number of benzene rings is 1. The van der Waals surface area contributed by atoms with E-state index in [1.54, 1.807) is 0 Å². The number of nitrogens with zero attached hydrogens (tertiary/aromatic N) is 1. The van der Waals surface area contributed by atoms with Gasteiger partial charge in [0.1, 0.15) is 0 Å². The molecular formula is C15H19ClN2. The van der Waals surface area contributed by atoms with Crippen LogP contribution >= 0.6 is 11.6 Å². The molecule has 1 atom stereocenters. The first-order chi connectivity index (χ1) is 8.67. The van der Waals surface area contributed by atoms with Crippen LogP contribution in [0.5, 0.6) is 0 Å². The van der Waals surface area contributed by atoms with E-state index in [0.717, 1.165) is 24.2 Å². The average Bonchev–Trinajstić information content (AvgIpc) is 2.44. The van der Waals surface area contributed by atoms with Crippen molar-refractivity contribution in [1.29, 1.82) is 0 Å². The highest BCUT2D eigenvalue weighted by Crippen LogP contribution is 2.14. The lowest BCUT2D eigenvalue weighted by atomic mass is 10.0. The number of rotatable bonds is 5. The summed E-state index contributed by atoms with van der Waals surface area (Å²) < 4.78 is 0. The first-order valence-corrected chi connectivity index (χ1v) is 6.86. The van der Waals surface area contributed by atoms with Gasteiger partial charge in [0.05, 0.1) is 11.2 Å². The van der Waals surface area contributed by atoms with Crippen LogP contribution in [0.25, 0.3) is 10.9 Å². The van der Waals surface area contributed by atoms with Gasteiger partial charge in [0, 0.05) is 23.3 Å². The first kappa shape index (κ1) is 13.3. The SMILES string of the molecule is CCC(C)(CCl)NCc1ccc2ccccc2n1. The molecule has 0 amide bonds. The number of aromatic nitrogens is 1. The van der Waals surface area contributed by atoms with Crippen LogP contribution in [0, 0.1) is 0 Å². The van der Waals surface area contributed by atoms with Crippen LogP contribution in [-0.2, 0) is 6.54 Å². The molecule has 1 aromatic heterocycles. The summed E-state index contributed by atoms with van der Waals surface area (Å²) >= 11 is 5.99. The quantitative estimate of drug-likeness (QED) is 0.831. The van der Waals surface area contributed by atoms with Gasteiger partial charge in [-0.05, 0) is 25.5 Å². The van der Waals surface area contributed by atoms with Crippen molar-refractivity contribution in [1.82, 2.24) is 10.3 Å². The predicted molar refractivity (Wildman–Crippen MR) is 78.0 cm³/mol. The number of hydrogen-bond acceptors (Lipinski definition) is 2. The van der Waals surface area contributed by atoms with Crippen LogP contribution in [0.2, 0.25) is 0 Å². The summed E-state index contributed by atoms with van der Waals surface area (Å²) in [6.07, 6.45) is 1.00. The molecule has 0 saturated carbocycles. The van der Waals surface area contributed by atoms with Crippen molar-refractivity contribution in [3.05, 3.63) is 42.1 Å². The van der Waals surface area contributed by atoms with Crippen molar-refractivity contribution in [3.8, 4) is 0 Å². The van der Waals surface area contributed by atoms with Gasteiger partial charge in [-0.25, -0.2) is 0 Å². The van der Waals surface area contributed by atoms with Crippen LogP contribution in [0.1, 0.15) is 26.0 Å². The number of halogens is 1. The largest absolute Gasteiger partial charge is 0.305 e. The fourth-order valence-corrected chi connectivity index (χ4v) is 2.06. The summed E-state index contributed by atoms with van der Waals surface area (Å²) in [4.78, 5) is 4.64. The minimum Gasteiger partial charge on any atom is -0.305 e. The van der Waals surface area contributed by atoms with Crippen molar-refractivity contribution in [2.75, 3.05) is 5.88 Å². The standard InChI is InChI=1S/C15H19ClN2/c1-3-15(2,11-16)17-10-13-9-8-12-6-4-5-7-14(12)18-13/h4-9,17H,3,10-11H2,1-2H3. The van der Waals surface area contributed by atoms with Gasteiger partial charge in [-0.3, -0.25) is 4.98 Å². The van der Waals surface area contributed by atoms with E-state index in [4.69, 9.17) is 11.6 Å². The monoisotopic (exact) mass is 262 g/mol. The van der Waals surface area contributed by atoms with Gasteiger partial charge in [-0.15, -0.1) is 11.6 Å². The van der Waals surface area contributed by atoms with E-state index < -0.39 is 0 Å². The zero-order chi connectivity index (χ0) is 13.0. The molecule has 18 heavy (non-hydrogen) atoms. The van der Waals surface area contributed by atoms with E-state index >= 15 is 0 Å². The topological polar surface area (TPSA) is 24.9 Å². The van der Waals surface area contributed by atoms with E-state index in [0.29, 0.717) is 5.88 Å². The average molecular weight is 263 g/mol. The van der Waals surface area contributed by atoms with Crippen molar-refractivity contribution < 1.29 is 0 Å². The molecule has 0 spiro atoms. The summed E-state index contributed by atoms with van der Waals surface area (Å²) in [6.45, 7) is 5.03. The van der Waals surface area contributed by atoms with Gasteiger partial charge in [0.15, 0.2) is 0 Å². The fraction of sp³-hybridized carbons (Fsp3) is 0.400. The molecule has 0 aliphatic carbocycles. The molecule has 2 rings (SSSR count). The maximum atomic E-state index is 5.99. The first-order valence-electron chi connectivity index (χ1n) is 6.32. The Kier molecular flexibility index (Phi) is 4.20. The number of fused-ring (bicyclic) bond motifs is 1. The molecule has 0 radical (unpaired) electrons. The third kappa shape index (κ3) is 3.01. The molecule has 3 heteroatoms. The smallest absolute Gasteiger partial charge is 0.0705 e. The van der Waals surface area contributed by atoms with E-state index in [2.05, 4.69) is 42.3 Å². The second-order valence-corrected chi connectivity index (χ2v) is 5.16. The number of nitrogens with one attached hydrogen (secondary N) is 1. The highest BCUT2D eigenvalue weighted by Gasteiger charge is 2.19. The summed E-state index contributed by atoms with van der Waals surface area (Å²) in [7, 11) is 0. The van der Waals surface area contributed by atoms with Crippen LogP contribution < -0.4 is 5.32 Å². The molecule has 0 saturated heterocycles. The normalized spacial score (nSPS) is 14.6. The Labute approximate surface area is 113 Å².